The molecule has 0 spiro atoms. The highest BCUT2D eigenvalue weighted by Gasteiger charge is 2.30. The number of thioether (sulfide) groups is 1. The Bertz CT molecular complexity index is 824. The number of nitrogens with one attached hydrogen (secondary N) is 1. The van der Waals surface area contributed by atoms with Crippen LogP contribution in [-0.2, 0) is 4.74 Å². The zero-order valence-corrected chi connectivity index (χ0v) is 14.4. The average molecular weight is 404 g/mol. The zero-order valence-electron chi connectivity index (χ0n) is 13.6. The number of ketones is 1. The number of alkyl halides is 2. The summed E-state index contributed by atoms with van der Waals surface area (Å²) in [6, 6.07) is 6.67. The van der Waals surface area contributed by atoms with E-state index in [2.05, 4.69) is 5.32 Å². The van der Waals surface area contributed by atoms with Crippen LogP contribution in [0.3, 0.4) is 0 Å². The number of Topliss-reactive ketones (excluding diaryl/α,β-unsaturated/α-hetero) is 1. The third kappa shape index (κ3) is 4.40. The Labute approximate surface area is 155 Å². The van der Waals surface area contributed by atoms with Gasteiger partial charge in [0.15, 0.2) is 6.23 Å². The van der Waals surface area contributed by atoms with Gasteiger partial charge < -0.3 is 9.64 Å². The van der Waals surface area contributed by atoms with Crippen LogP contribution in [0.15, 0.2) is 41.3 Å². The van der Waals surface area contributed by atoms with Gasteiger partial charge in [-0.1, -0.05) is 17.8 Å². The van der Waals surface area contributed by atoms with Crippen LogP contribution in [0.4, 0.5) is 27.6 Å². The first-order valence-electron chi connectivity index (χ1n) is 7.69. The lowest BCUT2D eigenvalue weighted by Gasteiger charge is -2.34. The molecule has 2 aromatic rings. The molecule has 0 aromatic heterocycles. The van der Waals surface area contributed by atoms with E-state index >= 15 is 0 Å². The van der Waals surface area contributed by atoms with Gasteiger partial charge in [-0.25, -0.2) is 13.2 Å². The molecule has 0 bridgehead atoms. The monoisotopic (exact) mass is 404 g/mol. The molecule has 1 unspecified atom stereocenters. The van der Waals surface area contributed by atoms with Crippen LogP contribution in [0.2, 0.25) is 0 Å². The molecule has 1 fully saturated rings. The molecule has 1 saturated heterocycles. The highest BCUT2D eigenvalue weighted by molar-refractivity contribution is 7.99. The molecular weight excluding hydrogens is 391 g/mol. The molecule has 1 heterocycles. The molecule has 0 radical (unpaired) electrons. The third-order valence-corrected chi connectivity index (χ3v) is 4.50. The molecule has 10 heteroatoms. The van der Waals surface area contributed by atoms with Crippen LogP contribution in [0, 0.1) is 17.5 Å². The number of ether oxygens (including phenoxy) is 1. The smallest absolute Gasteiger partial charge is 0.288 e. The summed E-state index contributed by atoms with van der Waals surface area (Å²) in [4.78, 5) is 13.7. The van der Waals surface area contributed by atoms with Crippen molar-refractivity contribution in [3.05, 3.63) is 59.4 Å². The van der Waals surface area contributed by atoms with E-state index in [0.29, 0.717) is 0 Å². The van der Waals surface area contributed by atoms with E-state index in [0.717, 1.165) is 24.3 Å². The van der Waals surface area contributed by atoms with Crippen LogP contribution >= 0.6 is 11.8 Å². The van der Waals surface area contributed by atoms with Crippen LogP contribution in [0.25, 0.3) is 0 Å². The van der Waals surface area contributed by atoms with Crippen molar-refractivity contribution < 1.29 is 31.5 Å². The maximum absolute atomic E-state index is 14.2. The van der Waals surface area contributed by atoms with Gasteiger partial charge in [0, 0.05) is 4.90 Å². The van der Waals surface area contributed by atoms with Gasteiger partial charge in [-0.2, -0.15) is 8.78 Å². The fourth-order valence-electron chi connectivity index (χ4n) is 2.57. The molecule has 4 nitrogen and oxygen atoms in total. The zero-order chi connectivity index (χ0) is 19.6. The van der Waals surface area contributed by atoms with Crippen molar-refractivity contribution in [3.63, 3.8) is 0 Å². The van der Waals surface area contributed by atoms with Crippen LogP contribution in [-0.4, -0.2) is 31.2 Å². The number of nitrogens with zero attached hydrogens (tertiary/aromatic N) is 1. The van der Waals surface area contributed by atoms with E-state index in [1.54, 1.807) is 0 Å². The lowest BCUT2D eigenvalue weighted by Crippen LogP contribution is -2.53. The largest absolute Gasteiger partial charge is 0.335 e. The summed E-state index contributed by atoms with van der Waals surface area (Å²) in [6.45, 7) is -0.289. The Kier molecular flexibility index (Phi) is 5.98. The van der Waals surface area contributed by atoms with E-state index in [1.807, 2.05) is 0 Å². The summed E-state index contributed by atoms with van der Waals surface area (Å²) in [7, 11) is 0. The molecule has 0 amide bonds. The topological polar surface area (TPSA) is 41.6 Å². The molecule has 1 N–H and O–H groups in total. The van der Waals surface area contributed by atoms with Gasteiger partial charge in [0.05, 0.1) is 17.9 Å². The van der Waals surface area contributed by atoms with Gasteiger partial charge in [-0.05, 0) is 30.3 Å². The van der Waals surface area contributed by atoms with Gasteiger partial charge >= 0.3 is 0 Å². The normalized spacial score (nSPS) is 17.4. The Morgan fingerprint density at radius 2 is 1.85 bits per heavy atom. The molecule has 1 aliphatic rings. The lowest BCUT2D eigenvalue weighted by atomic mass is 10.1. The number of hydrogen-bond acceptors (Lipinski definition) is 5. The van der Waals surface area contributed by atoms with E-state index in [1.165, 1.54) is 17.0 Å². The van der Waals surface area contributed by atoms with E-state index in [4.69, 9.17) is 4.74 Å². The van der Waals surface area contributed by atoms with Crippen LogP contribution in [0.5, 0.6) is 0 Å². The first-order chi connectivity index (χ1) is 12.9. The summed E-state index contributed by atoms with van der Waals surface area (Å²) in [5, 5.41) is 2.62. The number of anilines is 1. The maximum atomic E-state index is 14.2. The second kappa shape index (κ2) is 8.24. The van der Waals surface area contributed by atoms with Crippen molar-refractivity contribution in [1.29, 1.82) is 0 Å². The van der Waals surface area contributed by atoms with Gasteiger partial charge in [-0.3, -0.25) is 10.1 Å². The van der Waals surface area contributed by atoms with E-state index in [-0.39, 0.29) is 35.7 Å². The quantitative estimate of drug-likeness (QED) is 0.464. The van der Waals surface area contributed by atoms with Crippen molar-refractivity contribution in [2.24, 2.45) is 0 Å². The SMILES string of the molecule is O=C(c1c(F)cccc1F)C1NCN(c2ccc(SC(F)F)cc2F)CO1. The number of hydrogen-bond donors (Lipinski definition) is 1. The first kappa shape index (κ1) is 19.6. The molecule has 2 aromatic carbocycles. The molecule has 3 rings (SSSR count). The number of rotatable bonds is 5. The van der Waals surface area contributed by atoms with Crippen molar-refractivity contribution >= 4 is 23.2 Å². The summed E-state index contributed by atoms with van der Waals surface area (Å²) in [5.74, 6) is -6.34. The fourth-order valence-corrected chi connectivity index (χ4v) is 3.09. The van der Waals surface area contributed by atoms with Crippen molar-refractivity contribution in [1.82, 2.24) is 5.32 Å². The van der Waals surface area contributed by atoms with E-state index < -0.39 is 40.8 Å². The van der Waals surface area contributed by atoms with Gasteiger partial charge in [0.1, 0.15) is 24.2 Å². The highest BCUT2D eigenvalue weighted by Crippen LogP contribution is 2.30. The predicted molar refractivity (Wildman–Crippen MR) is 89.2 cm³/mol. The molecule has 0 aliphatic carbocycles. The third-order valence-electron chi connectivity index (χ3n) is 3.80. The Balaban J connectivity index is 1.68. The summed E-state index contributed by atoms with van der Waals surface area (Å²) in [5.41, 5.74) is -0.646. The number of halogens is 5. The fraction of sp³-hybridized carbons (Fsp3) is 0.235. The number of carbonyl (C=O) groups excluding carboxylic acids is 1. The minimum Gasteiger partial charge on any atom is -0.335 e. The molecule has 1 atom stereocenters. The van der Waals surface area contributed by atoms with Crippen LogP contribution < -0.4 is 10.2 Å². The Morgan fingerprint density at radius 3 is 2.41 bits per heavy atom. The average Bonchev–Trinajstić information content (AvgIpc) is 2.61. The Morgan fingerprint density at radius 1 is 1.15 bits per heavy atom. The predicted octanol–water partition coefficient (Wildman–Crippen LogP) is 3.97. The van der Waals surface area contributed by atoms with Crippen molar-refractivity contribution in [2.45, 2.75) is 16.9 Å². The van der Waals surface area contributed by atoms with Crippen molar-refractivity contribution in [2.75, 3.05) is 18.3 Å². The lowest BCUT2D eigenvalue weighted by molar-refractivity contribution is 0.00866. The molecular formula is C17H13F5N2O2S. The van der Waals surface area contributed by atoms with Gasteiger partial charge in [0.25, 0.3) is 5.76 Å². The van der Waals surface area contributed by atoms with Crippen molar-refractivity contribution in [3.8, 4) is 0 Å². The number of carbonyl (C=O) groups is 1. The second-order valence-electron chi connectivity index (χ2n) is 5.53. The minimum absolute atomic E-state index is 0.0509. The highest BCUT2D eigenvalue weighted by atomic mass is 32.2. The van der Waals surface area contributed by atoms with Gasteiger partial charge in [-0.15, -0.1) is 0 Å². The second-order valence-corrected chi connectivity index (χ2v) is 6.59. The molecule has 144 valence electrons. The first-order valence-corrected chi connectivity index (χ1v) is 8.57. The minimum atomic E-state index is -2.67. The van der Waals surface area contributed by atoms with Crippen LogP contribution in [0.1, 0.15) is 10.4 Å². The summed E-state index contributed by atoms with van der Waals surface area (Å²) < 4.78 is 71.5. The summed E-state index contributed by atoms with van der Waals surface area (Å²) >= 11 is 0.218. The maximum Gasteiger partial charge on any atom is 0.288 e. The van der Waals surface area contributed by atoms with Gasteiger partial charge in [0.2, 0.25) is 5.78 Å². The summed E-state index contributed by atoms with van der Waals surface area (Å²) in [6.07, 6.45) is -1.30. The van der Waals surface area contributed by atoms with E-state index in [9.17, 15) is 26.7 Å². The standard InChI is InChI=1S/C17H13F5N2O2S/c18-10-2-1-3-11(19)14(10)15(25)16-23-7-24(8-26-16)13-5-4-9(6-12(13)20)27-17(21)22/h1-6,16-17,23H,7-8H2. The molecule has 27 heavy (non-hydrogen) atoms. The number of benzene rings is 2. The molecule has 1 aliphatic heterocycles. The molecule has 0 saturated carbocycles. The Hall–Kier alpha value is -2.17.